The standard InChI is InChI=1S/C21H24O4/c1-14(10-15-12-24-15)21(11-16-13-25-16,17-6-2-4-8-19(17)22)18-7-3-5-9-20(18)23/h2-9,14-16,22-23H,10-13H2,1H3. The van der Waals surface area contributed by atoms with E-state index in [1.165, 1.54) is 0 Å². The van der Waals surface area contributed by atoms with E-state index in [-0.39, 0.29) is 29.6 Å². The maximum Gasteiger partial charge on any atom is 0.119 e. The van der Waals surface area contributed by atoms with Crippen molar-refractivity contribution in [3.05, 3.63) is 59.7 Å². The first-order valence-corrected chi connectivity index (χ1v) is 8.91. The number of aromatic hydroxyl groups is 2. The van der Waals surface area contributed by atoms with E-state index < -0.39 is 5.41 Å². The Hall–Kier alpha value is -2.04. The second-order valence-corrected chi connectivity index (χ2v) is 7.26. The number of benzene rings is 2. The van der Waals surface area contributed by atoms with Crippen LogP contribution in [0.2, 0.25) is 0 Å². The number of hydrogen-bond acceptors (Lipinski definition) is 4. The Balaban J connectivity index is 1.90. The van der Waals surface area contributed by atoms with Gasteiger partial charge < -0.3 is 19.7 Å². The smallest absolute Gasteiger partial charge is 0.119 e. The van der Waals surface area contributed by atoms with E-state index in [1.807, 2.05) is 36.4 Å². The minimum Gasteiger partial charge on any atom is -0.508 e. The Morgan fingerprint density at radius 3 is 1.84 bits per heavy atom. The van der Waals surface area contributed by atoms with Crippen molar-refractivity contribution in [3.8, 4) is 11.5 Å². The molecule has 2 aromatic rings. The van der Waals surface area contributed by atoms with Gasteiger partial charge in [0, 0.05) is 16.5 Å². The van der Waals surface area contributed by atoms with Crippen LogP contribution in [0.4, 0.5) is 0 Å². The molecule has 0 amide bonds. The van der Waals surface area contributed by atoms with Gasteiger partial charge in [0.05, 0.1) is 25.4 Å². The molecule has 0 aromatic heterocycles. The first kappa shape index (κ1) is 16.4. The summed E-state index contributed by atoms with van der Waals surface area (Å²) in [5, 5.41) is 21.4. The molecule has 0 saturated carbocycles. The Morgan fingerprint density at radius 2 is 1.40 bits per heavy atom. The molecule has 2 saturated heterocycles. The van der Waals surface area contributed by atoms with E-state index in [4.69, 9.17) is 9.47 Å². The highest BCUT2D eigenvalue weighted by molar-refractivity contribution is 5.52. The highest BCUT2D eigenvalue weighted by Gasteiger charge is 2.48. The van der Waals surface area contributed by atoms with Crippen molar-refractivity contribution < 1.29 is 19.7 Å². The summed E-state index contributed by atoms with van der Waals surface area (Å²) < 4.78 is 11.0. The third-order valence-corrected chi connectivity index (χ3v) is 5.58. The summed E-state index contributed by atoms with van der Waals surface area (Å²) in [6, 6.07) is 14.9. The Labute approximate surface area is 148 Å². The lowest BCUT2D eigenvalue weighted by Crippen LogP contribution is -2.38. The molecule has 2 heterocycles. The van der Waals surface area contributed by atoms with Gasteiger partial charge in [-0.05, 0) is 30.9 Å². The van der Waals surface area contributed by atoms with Crippen LogP contribution >= 0.6 is 0 Å². The number of para-hydroxylation sites is 2. The van der Waals surface area contributed by atoms with Gasteiger partial charge in [0.2, 0.25) is 0 Å². The summed E-state index contributed by atoms with van der Waals surface area (Å²) in [7, 11) is 0. The lowest BCUT2D eigenvalue weighted by Gasteiger charge is -2.41. The summed E-state index contributed by atoms with van der Waals surface area (Å²) >= 11 is 0. The zero-order valence-corrected chi connectivity index (χ0v) is 14.4. The maximum atomic E-state index is 10.7. The maximum absolute atomic E-state index is 10.7. The Morgan fingerprint density at radius 1 is 0.920 bits per heavy atom. The summed E-state index contributed by atoms with van der Waals surface area (Å²) in [5.41, 5.74) is 1.17. The first-order valence-electron chi connectivity index (χ1n) is 8.91. The van der Waals surface area contributed by atoms with Crippen molar-refractivity contribution in [2.75, 3.05) is 13.2 Å². The molecule has 2 aliphatic rings. The highest BCUT2D eigenvalue weighted by Crippen LogP contribution is 2.52. The normalized spacial score (nSPS) is 23.2. The van der Waals surface area contributed by atoms with Crippen LogP contribution in [0.3, 0.4) is 0 Å². The number of hydrogen-bond donors (Lipinski definition) is 2. The number of phenols is 2. The minimum atomic E-state index is -0.524. The second kappa shape index (κ2) is 6.36. The van der Waals surface area contributed by atoms with E-state index in [0.29, 0.717) is 0 Å². The van der Waals surface area contributed by atoms with Crippen LogP contribution in [0, 0.1) is 5.92 Å². The van der Waals surface area contributed by atoms with Crippen molar-refractivity contribution in [2.24, 2.45) is 5.92 Å². The zero-order chi connectivity index (χ0) is 17.4. The molecule has 4 heteroatoms. The summed E-state index contributed by atoms with van der Waals surface area (Å²) in [4.78, 5) is 0. The molecule has 0 bridgehead atoms. The molecule has 0 radical (unpaired) electrons. The number of epoxide rings is 2. The van der Waals surface area contributed by atoms with Crippen molar-refractivity contribution in [2.45, 2.75) is 37.4 Å². The molecule has 3 atom stereocenters. The molecule has 25 heavy (non-hydrogen) atoms. The molecule has 2 N–H and O–H groups in total. The van der Waals surface area contributed by atoms with E-state index in [0.717, 1.165) is 37.2 Å². The van der Waals surface area contributed by atoms with Gasteiger partial charge in [-0.15, -0.1) is 0 Å². The van der Waals surface area contributed by atoms with Crippen LogP contribution in [0.1, 0.15) is 30.9 Å². The van der Waals surface area contributed by atoms with Gasteiger partial charge in [0.15, 0.2) is 0 Å². The van der Waals surface area contributed by atoms with Crippen molar-refractivity contribution in [1.82, 2.24) is 0 Å². The van der Waals surface area contributed by atoms with Crippen LogP contribution in [0.15, 0.2) is 48.5 Å². The fourth-order valence-electron chi connectivity index (χ4n) is 4.14. The van der Waals surface area contributed by atoms with Crippen molar-refractivity contribution >= 4 is 0 Å². The quantitative estimate of drug-likeness (QED) is 0.756. The fraction of sp³-hybridized carbons (Fsp3) is 0.429. The number of phenolic OH excluding ortho intramolecular Hbond substituents is 2. The number of rotatable bonds is 7. The lowest BCUT2D eigenvalue weighted by atomic mass is 9.62. The molecule has 132 valence electrons. The summed E-state index contributed by atoms with van der Waals surface area (Å²) in [6.45, 7) is 3.71. The lowest BCUT2D eigenvalue weighted by molar-refractivity contribution is 0.236. The molecule has 2 fully saturated rings. The molecule has 3 unspecified atom stereocenters. The topological polar surface area (TPSA) is 65.5 Å². The first-order chi connectivity index (χ1) is 12.1. The van der Waals surface area contributed by atoms with Crippen LogP contribution in [-0.2, 0) is 14.9 Å². The van der Waals surface area contributed by atoms with Crippen molar-refractivity contribution in [3.63, 3.8) is 0 Å². The summed E-state index contributed by atoms with van der Waals surface area (Å²) in [6.07, 6.45) is 2.04. The van der Waals surface area contributed by atoms with Crippen LogP contribution in [0.5, 0.6) is 11.5 Å². The zero-order valence-electron chi connectivity index (χ0n) is 14.4. The van der Waals surface area contributed by atoms with E-state index in [1.54, 1.807) is 12.1 Å². The van der Waals surface area contributed by atoms with E-state index in [9.17, 15) is 10.2 Å². The Kier molecular flexibility index (Phi) is 4.18. The SMILES string of the molecule is CC(CC1CO1)C(CC1CO1)(c1ccccc1O)c1ccccc1O. The predicted octanol–water partition coefficient (Wildman–Crippen LogP) is 3.60. The van der Waals surface area contributed by atoms with Gasteiger partial charge in [0.25, 0.3) is 0 Å². The third-order valence-electron chi connectivity index (χ3n) is 5.58. The molecule has 4 rings (SSSR count). The second-order valence-electron chi connectivity index (χ2n) is 7.26. The minimum absolute atomic E-state index is 0.154. The van der Waals surface area contributed by atoms with Gasteiger partial charge in [-0.2, -0.15) is 0 Å². The Bertz CT molecular complexity index is 704. The molecule has 0 aliphatic carbocycles. The molecule has 4 nitrogen and oxygen atoms in total. The molecular weight excluding hydrogens is 316 g/mol. The van der Waals surface area contributed by atoms with Crippen molar-refractivity contribution in [1.29, 1.82) is 0 Å². The van der Waals surface area contributed by atoms with Crippen LogP contribution in [0.25, 0.3) is 0 Å². The average Bonchev–Trinajstić information content (AvgIpc) is 3.50. The largest absolute Gasteiger partial charge is 0.508 e. The molecular formula is C21H24O4. The average molecular weight is 340 g/mol. The van der Waals surface area contributed by atoms with E-state index >= 15 is 0 Å². The fourth-order valence-corrected chi connectivity index (χ4v) is 4.14. The molecule has 2 aromatic carbocycles. The van der Waals surface area contributed by atoms with Gasteiger partial charge in [0.1, 0.15) is 11.5 Å². The molecule has 2 aliphatic heterocycles. The summed E-state index contributed by atoms with van der Waals surface area (Å²) in [5.74, 6) is 0.690. The van der Waals surface area contributed by atoms with Gasteiger partial charge in [-0.25, -0.2) is 0 Å². The molecule has 0 spiro atoms. The van der Waals surface area contributed by atoms with Gasteiger partial charge in [-0.1, -0.05) is 43.3 Å². The number of ether oxygens (including phenoxy) is 2. The third kappa shape index (κ3) is 3.12. The van der Waals surface area contributed by atoms with Gasteiger partial charge in [-0.3, -0.25) is 0 Å². The monoisotopic (exact) mass is 340 g/mol. The predicted molar refractivity (Wildman–Crippen MR) is 94.9 cm³/mol. The van der Waals surface area contributed by atoms with Gasteiger partial charge >= 0.3 is 0 Å². The highest BCUT2D eigenvalue weighted by atomic mass is 16.6. The van der Waals surface area contributed by atoms with E-state index in [2.05, 4.69) is 6.92 Å². The van der Waals surface area contributed by atoms with Crippen LogP contribution < -0.4 is 0 Å². The van der Waals surface area contributed by atoms with Crippen LogP contribution in [-0.4, -0.2) is 35.6 Å².